The zero-order valence-electron chi connectivity index (χ0n) is 6.71. The third kappa shape index (κ3) is 2.53. The lowest BCUT2D eigenvalue weighted by Crippen LogP contribution is -2.42. The van der Waals surface area contributed by atoms with Gasteiger partial charge in [0.25, 0.3) is 0 Å². The molecule has 1 aliphatic rings. The number of hydrogen-bond acceptors (Lipinski definition) is 2. The Labute approximate surface area is 68.0 Å². The summed E-state index contributed by atoms with van der Waals surface area (Å²) in [4.78, 5) is 0. The second-order valence-electron chi connectivity index (χ2n) is 3.04. The largest absolute Gasteiger partial charge is 0.392 e. The van der Waals surface area contributed by atoms with Crippen LogP contribution in [-0.4, -0.2) is 23.8 Å². The van der Waals surface area contributed by atoms with Gasteiger partial charge in [-0.2, -0.15) is 0 Å². The van der Waals surface area contributed by atoms with Gasteiger partial charge in [-0.15, -0.1) is 6.42 Å². The predicted octanol–water partition coefficient (Wildman–Crippen LogP) is 0.513. The monoisotopic (exact) mass is 153 g/mol. The number of terminal acetylenes is 1. The van der Waals surface area contributed by atoms with Crippen LogP contribution in [0.3, 0.4) is 0 Å². The van der Waals surface area contributed by atoms with Crippen LogP contribution in [0, 0.1) is 12.3 Å². The van der Waals surface area contributed by atoms with Gasteiger partial charge < -0.3 is 10.4 Å². The zero-order valence-corrected chi connectivity index (χ0v) is 6.71. The molecule has 0 aromatic rings. The minimum atomic E-state index is -0.183. The summed E-state index contributed by atoms with van der Waals surface area (Å²) in [5.41, 5.74) is 0. The lowest BCUT2D eigenvalue weighted by Gasteiger charge is -2.27. The van der Waals surface area contributed by atoms with Gasteiger partial charge in [-0.25, -0.2) is 0 Å². The van der Waals surface area contributed by atoms with E-state index in [1.54, 1.807) is 0 Å². The van der Waals surface area contributed by atoms with Crippen LogP contribution in [0.15, 0.2) is 0 Å². The second kappa shape index (κ2) is 4.38. The van der Waals surface area contributed by atoms with E-state index in [4.69, 9.17) is 6.42 Å². The molecule has 0 radical (unpaired) electrons. The molecule has 2 heteroatoms. The first-order valence-electron chi connectivity index (χ1n) is 4.19. The van der Waals surface area contributed by atoms with Crippen molar-refractivity contribution in [2.75, 3.05) is 6.54 Å². The van der Waals surface area contributed by atoms with E-state index in [-0.39, 0.29) is 12.1 Å². The van der Waals surface area contributed by atoms with Gasteiger partial charge in [0, 0.05) is 6.04 Å². The molecule has 0 aromatic heterocycles. The standard InChI is InChI=1S/C9H15NO/c1-2-7-10-8-5-3-4-6-9(8)11/h1,8-11H,3-7H2. The molecule has 0 aliphatic heterocycles. The summed E-state index contributed by atoms with van der Waals surface area (Å²) in [6.07, 6.45) is 9.25. The normalized spacial score (nSPS) is 31.3. The molecule has 0 saturated heterocycles. The fourth-order valence-corrected chi connectivity index (χ4v) is 1.54. The highest BCUT2D eigenvalue weighted by Gasteiger charge is 2.21. The van der Waals surface area contributed by atoms with Gasteiger partial charge in [0.15, 0.2) is 0 Å². The summed E-state index contributed by atoms with van der Waals surface area (Å²) in [5, 5.41) is 12.6. The van der Waals surface area contributed by atoms with Gasteiger partial charge in [0.2, 0.25) is 0 Å². The average Bonchev–Trinajstić information content (AvgIpc) is 2.03. The number of hydrogen-bond donors (Lipinski definition) is 2. The molecule has 0 heterocycles. The highest BCUT2D eigenvalue weighted by molar-refractivity contribution is 4.90. The fraction of sp³-hybridized carbons (Fsp3) is 0.778. The van der Waals surface area contributed by atoms with Crippen LogP contribution in [0.2, 0.25) is 0 Å². The molecule has 2 atom stereocenters. The quantitative estimate of drug-likeness (QED) is 0.567. The Kier molecular flexibility index (Phi) is 3.41. The van der Waals surface area contributed by atoms with Crippen LogP contribution in [0.5, 0.6) is 0 Å². The Bertz CT molecular complexity index is 150. The van der Waals surface area contributed by atoms with E-state index >= 15 is 0 Å². The average molecular weight is 153 g/mol. The zero-order chi connectivity index (χ0) is 8.10. The van der Waals surface area contributed by atoms with Crippen molar-refractivity contribution in [2.45, 2.75) is 37.8 Å². The first-order valence-corrected chi connectivity index (χ1v) is 4.19. The van der Waals surface area contributed by atoms with Crippen LogP contribution in [0.25, 0.3) is 0 Å². The summed E-state index contributed by atoms with van der Waals surface area (Å²) in [6, 6.07) is 0.236. The lowest BCUT2D eigenvalue weighted by molar-refractivity contribution is 0.0931. The van der Waals surface area contributed by atoms with E-state index in [1.165, 1.54) is 6.42 Å². The van der Waals surface area contributed by atoms with Crippen molar-refractivity contribution < 1.29 is 5.11 Å². The van der Waals surface area contributed by atoms with Gasteiger partial charge in [-0.05, 0) is 12.8 Å². The van der Waals surface area contributed by atoms with E-state index in [9.17, 15) is 5.11 Å². The molecular weight excluding hydrogens is 138 g/mol. The minimum absolute atomic E-state index is 0.183. The fourth-order valence-electron chi connectivity index (χ4n) is 1.54. The van der Waals surface area contributed by atoms with E-state index < -0.39 is 0 Å². The Morgan fingerprint density at radius 1 is 1.45 bits per heavy atom. The molecule has 1 fully saturated rings. The molecule has 2 N–H and O–H groups in total. The number of rotatable bonds is 2. The summed E-state index contributed by atoms with van der Waals surface area (Å²) in [7, 11) is 0. The molecule has 1 aliphatic carbocycles. The van der Waals surface area contributed by atoms with Crippen molar-refractivity contribution in [3.63, 3.8) is 0 Å². The van der Waals surface area contributed by atoms with Crippen molar-refractivity contribution in [1.29, 1.82) is 0 Å². The number of aliphatic hydroxyl groups excluding tert-OH is 1. The molecular formula is C9H15NO. The highest BCUT2D eigenvalue weighted by atomic mass is 16.3. The molecule has 0 aromatic carbocycles. The van der Waals surface area contributed by atoms with Crippen LogP contribution >= 0.6 is 0 Å². The Morgan fingerprint density at radius 2 is 2.18 bits per heavy atom. The SMILES string of the molecule is C#CCNC1CCCCC1O. The smallest absolute Gasteiger partial charge is 0.0693 e. The number of aliphatic hydroxyl groups is 1. The van der Waals surface area contributed by atoms with Gasteiger partial charge >= 0.3 is 0 Å². The highest BCUT2D eigenvalue weighted by Crippen LogP contribution is 2.17. The molecule has 2 nitrogen and oxygen atoms in total. The van der Waals surface area contributed by atoms with E-state index in [0.29, 0.717) is 6.54 Å². The van der Waals surface area contributed by atoms with Crippen molar-refractivity contribution in [3.8, 4) is 12.3 Å². The maximum absolute atomic E-state index is 9.46. The Hall–Kier alpha value is -0.520. The van der Waals surface area contributed by atoms with Crippen molar-refractivity contribution >= 4 is 0 Å². The molecule has 11 heavy (non-hydrogen) atoms. The van der Waals surface area contributed by atoms with Gasteiger partial charge in [-0.1, -0.05) is 18.8 Å². The van der Waals surface area contributed by atoms with E-state index in [2.05, 4.69) is 11.2 Å². The molecule has 2 unspecified atom stereocenters. The van der Waals surface area contributed by atoms with Crippen molar-refractivity contribution in [1.82, 2.24) is 5.32 Å². The Morgan fingerprint density at radius 3 is 2.82 bits per heavy atom. The lowest BCUT2D eigenvalue weighted by atomic mass is 9.93. The molecule has 0 spiro atoms. The summed E-state index contributed by atoms with van der Waals surface area (Å²) >= 11 is 0. The van der Waals surface area contributed by atoms with Crippen LogP contribution in [0.4, 0.5) is 0 Å². The van der Waals surface area contributed by atoms with Crippen LogP contribution < -0.4 is 5.32 Å². The van der Waals surface area contributed by atoms with Gasteiger partial charge in [0.05, 0.1) is 12.6 Å². The summed E-state index contributed by atoms with van der Waals surface area (Å²) < 4.78 is 0. The first kappa shape index (κ1) is 8.58. The summed E-state index contributed by atoms with van der Waals surface area (Å²) in [5.74, 6) is 2.51. The molecule has 62 valence electrons. The molecule has 0 amide bonds. The van der Waals surface area contributed by atoms with E-state index in [0.717, 1.165) is 19.3 Å². The maximum atomic E-state index is 9.46. The molecule has 1 rings (SSSR count). The Balaban J connectivity index is 2.25. The predicted molar refractivity (Wildman–Crippen MR) is 45.1 cm³/mol. The van der Waals surface area contributed by atoms with E-state index in [1.807, 2.05) is 0 Å². The third-order valence-corrected chi connectivity index (χ3v) is 2.20. The van der Waals surface area contributed by atoms with Crippen molar-refractivity contribution in [2.24, 2.45) is 0 Å². The van der Waals surface area contributed by atoms with Crippen LogP contribution in [-0.2, 0) is 0 Å². The minimum Gasteiger partial charge on any atom is -0.392 e. The second-order valence-corrected chi connectivity index (χ2v) is 3.04. The van der Waals surface area contributed by atoms with Crippen LogP contribution in [0.1, 0.15) is 25.7 Å². The third-order valence-electron chi connectivity index (χ3n) is 2.20. The molecule has 0 bridgehead atoms. The number of nitrogens with one attached hydrogen (secondary N) is 1. The maximum Gasteiger partial charge on any atom is 0.0693 e. The first-order chi connectivity index (χ1) is 5.34. The van der Waals surface area contributed by atoms with Gasteiger partial charge in [-0.3, -0.25) is 0 Å². The topological polar surface area (TPSA) is 32.3 Å². The molecule has 1 saturated carbocycles. The summed E-state index contributed by atoms with van der Waals surface area (Å²) in [6.45, 7) is 0.571. The van der Waals surface area contributed by atoms with Crippen molar-refractivity contribution in [3.05, 3.63) is 0 Å². The van der Waals surface area contributed by atoms with Gasteiger partial charge in [0.1, 0.15) is 0 Å².